The van der Waals surface area contributed by atoms with Gasteiger partial charge in [-0.3, -0.25) is 4.79 Å². The molecule has 4 N–H and O–H groups in total. The number of amides is 1. The normalized spacial score (nSPS) is 15.4. The van der Waals surface area contributed by atoms with E-state index in [9.17, 15) is 15.0 Å². The molecule has 0 aliphatic carbocycles. The van der Waals surface area contributed by atoms with E-state index in [1.807, 2.05) is 27.8 Å². The first kappa shape index (κ1) is 20.4. The standard InChI is InChI=1S/C21H22N4O3S2/c22-20(23-15-5-7-16(26)8-6-15)25-11-9-24(10-12-25)19(27)21(28,17-3-1-13-29-17)18-4-2-14-30-18/h1-8,13-14,26,28H,9-12H2,(H2,22,23). The van der Waals surface area contributed by atoms with E-state index in [2.05, 4.69) is 4.99 Å². The zero-order chi connectivity index (χ0) is 21.1. The fourth-order valence-electron chi connectivity index (χ4n) is 3.40. The van der Waals surface area contributed by atoms with Crippen LogP contribution in [0.15, 0.2) is 64.3 Å². The summed E-state index contributed by atoms with van der Waals surface area (Å²) in [4.78, 5) is 22.6. The third-order valence-corrected chi connectivity index (χ3v) is 7.01. The Bertz CT molecular complexity index is 975. The number of aliphatic imine (C=N–C) groups is 1. The zero-order valence-electron chi connectivity index (χ0n) is 16.1. The van der Waals surface area contributed by atoms with Crippen LogP contribution in [0.4, 0.5) is 5.69 Å². The molecule has 0 atom stereocenters. The SMILES string of the molecule is NC(=Nc1ccc(O)cc1)N1CCN(C(=O)C(O)(c2cccs2)c2cccs2)CC1. The number of aromatic hydroxyl groups is 1. The first-order valence-electron chi connectivity index (χ1n) is 9.46. The molecule has 1 amide bonds. The second-order valence-corrected chi connectivity index (χ2v) is 8.83. The van der Waals surface area contributed by atoms with E-state index < -0.39 is 5.60 Å². The van der Waals surface area contributed by atoms with E-state index in [0.29, 0.717) is 47.6 Å². The third kappa shape index (κ3) is 3.91. The summed E-state index contributed by atoms with van der Waals surface area (Å²) >= 11 is 2.74. The zero-order valence-corrected chi connectivity index (χ0v) is 17.8. The molecule has 0 radical (unpaired) electrons. The number of phenolic OH excluding ortho intramolecular Hbond substituents is 1. The number of nitrogens with two attached hydrogens (primary N) is 1. The fourth-order valence-corrected chi connectivity index (χ4v) is 5.12. The van der Waals surface area contributed by atoms with Gasteiger partial charge in [-0.15, -0.1) is 22.7 Å². The molecule has 4 rings (SSSR count). The number of thiophene rings is 2. The number of guanidine groups is 1. The van der Waals surface area contributed by atoms with Crippen molar-refractivity contribution in [2.45, 2.75) is 5.60 Å². The average Bonchev–Trinajstić information content (AvgIpc) is 3.49. The molecule has 9 heteroatoms. The number of carbonyl (C=O) groups excluding carboxylic acids is 1. The highest BCUT2D eigenvalue weighted by molar-refractivity contribution is 7.12. The summed E-state index contributed by atoms with van der Waals surface area (Å²) in [5, 5.41) is 24.6. The number of hydrogen-bond acceptors (Lipinski definition) is 6. The first-order valence-corrected chi connectivity index (χ1v) is 11.2. The summed E-state index contributed by atoms with van der Waals surface area (Å²) in [6.45, 7) is 1.90. The van der Waals surface area contributed by atoms with Crippen molar-refractivity contribution in [3.63, 3.8) is 0 Å². The van der Waals surface area contributed by atoms with Gasteiger partial charge in [0, 0.05) is 26.2 Å². The molecule has 0 spiro atoms. The summed E-state index contributed by atoms with van der Waals surface area (Å²) in [5.41, 5.74) is 5.12. The number of nitrogens with zero attached hydrogens (tertiary/aromatic N) is 3. The Hall–Kier alpha value is -2.88. The van der Waals surface area contributed by atoms with Gasteiger partial charge in [0.05, 0.1) is 15.4 Å². The molecule has 1 aromatic carbocycles. The summed E-state index contributed by atoms with van der Waals surface area (Å²) in [6, 6.07) is 13.7. The fraction of sp³-hybridized carbons (Fsp3) is 0.238. The first-order chi connectivity index (χ1) is 14.5. The molecule has 156 valence electrons. The summed E-state index contributed by atoms with van der Waals surface area (Å²) in [5.74, 6) is 0.212. The molecule has 1 saturated heterocycles. The summed E-state index contributed by atoms with van der Waals surface area (Å²) < 4.78 is 0. The Morgan fingerprint density at radius 3 is 1.97 bits per heavy atom. The number of carbonyl (C=O) groups is 1. The highest BCUT2D eigenvalue weighted by atomic mass is 32.1. The average molecular weight is 443 g/mol. The van der Waals surface area contributed by atoms with Crippen molar-refractivity contribution in [3.05, 3.63) is 69.0 Å². The van der Waals surface area contributed by atoms with Crippen LogP contribution in [0.5, 0.6) is 5.75 Å². The van der Waals surface area contributed by atoms with Crippen molar-refractivity contribution in [1.82, 2.24) is 9.80 Å². The Balaban J connectivity index is 1.48. The van der Waals surface area contributed by atoms with Crippen LogP contribution in [-0.4, -0.2) is 58.1 Å². The van der Waals surface area contributed by atoms with E-state index in [1.165, 1.54) is 22.7 Å². The van der Waals surface area contributed by atoms with Gasteiger partial charge in [0.15, 0.2) is 5.96 Å². The summed E-state index contributed by atoms with van der Waals surface area (Å²) in [7, 11) is 0. The number of hydrogen-bond donors (Lipinski definition) is 3. The molecule has 0 unspecified atom stereocenters. The molecular formula is C21H22N4O3S2. The Morgan fingerprint density at radius 2 is 1.47 bits per heavy atom. The number of aliphatic hydroxyl groups is 1. The van der Waals surface area contributed by atoms with E-state index in [0.717, 1.165) is 0 Å². The molecule has 1 aliphatic heterocycles. The van der Waals surface area contributed by atoms with E-state index in [1.54, 1.807) is 41.3 Å². The van der Waals surface area contributed by atoms with Crippen molar-refractivity contribution in [2.75, 3.05) is 26.2 Å². The van der Waals surface area contributed by atoms with Gasteiger partial charge in [0.2, 0.25) is 5.60 Å². The Morgan fingerprint density at radius 1 is 0.933 bits per heavy atom. The predicted octanol–water partition coefficient (Wildman–Crippen LogP) is 2.54. The Labute approximate surface area is 182 Å². The topological polar surface area (TPSA) is 102 Å². The lowest BCUT2D eigenvalue weighted by molar-refractivity contribution is -0.148. The van der Waals surface area contributed by atoms with E-state index >= 15 is 0 Å². The lowest BCUT2D eigenvalue weighted by Gasteiger charge is -2.38. The van der Waals surface area contributed by atoms with E-state index in [-0.39, 0.29) is 11.7 Å². The predicted molar refractivity (Wildman–Crippen MR) is 119 cm³/mol. The van der Waals surface area contributed by atoms with Crippen LogP contribution in [0.1, 0.15) is 9.75 Å². The smallest absolute Gasteiger partial charge is 0.265 e. The van der Waals surface area contributed by atoms with Gasteiger partial charge in [-0.2, -0.15) is 0 Å². The number of phenols is 1. The highest BCUT2D eigenvalue weighted by Gasteiger charge is 2.45. The van der Waals surface area contributed by atoms with Crippen LogP contribution in [0.25, 0.3) is 0 Å². The minimum absolute atomic E-state index is 0.170. The lowest BCUT2D eigenvalue weighted by Crippen LogP contribution is -2.56. The van der Waals surface area contributed by atoms with E-state index in [4.69, 9.17) is 5.73 Å². The van der Waals surface area contributed by atoms with Crippen molar-refractivity contribution < 1.29 is 15.0 Å². The maximum absolute atomic E-state index is 13.4. The van der Waals surface area contributed by atoms with Crippen molar-refractivity contribution in [2.24, 2.45) is 10.7 Å². The van der Waals surface area contributed by atoms with Crippen LogP contribution >= 0.6 is 22.7 Å². The van der Waals surface area contributed by atoms with Gasteiger partial charge < -0.3 is 25.7 Å². The minimum Gasteiger partial charge on any atom is -0.508 e. The Kier molecular flexibility index (Phi) is 5.76. The van der Waals surface area contributed by atoms with Crippen LogP contribution in [0, 0.1) is 0 Å². The summed E-state index contributed by atoms with van der Waals surface area (Å²) in [6.07, 6.45) is 0. The molecule has 1 fully saturated rings. The van der Waals surface area contributed by atoms with Gasteiger partial charge in [-0.25, -0.2) is 4.99 Å². The van der Waals surface area contributed by atoms with Crippen LogP contribution in [0.3, 0.4) is 0 Å². The van der Waals surface area contributed by atoms with Gasteiger partial charge in [0.25, 0.3) is 5.91 Å². The van der Waals surface area contributed by atoms with Crippen LogP contribution in [0.2, 0.25) is 0 Å². The third-order valence-electron chi connectivity index (χ3n) is 5.05. The van der Waals surface area contributed by atoms with Gasteiger partial charge >= 0.3 is 0 Å². The quantitative estimate of drug-likeness (QED) is 0.426. The molecule has 30 heavy (non-hydrogen) atoms. The maximum atomic E-state index is 13.4. The van der Waals surface area contributed by atoms with Crippen LogP contribution < -0.4 is 5.73 Å². The number of piperazine rings is 1. The molecule has 0 saturated carbocycles. The number of rotatable bonds is 4. The monoisotopic (exact) mass is 442 g/mol. The maximum Gasteiger partial charge on any atom is 0.265 e. The molecule has 7 nitrogen and oxygen atoms in total. The second kappa shape index (κ2) is 8.47. The van der Waals surface area contributed by atoms with Crippen molar-refractivity contribution in [3.8, 4) is 5.75 Å². The molecule has 0 bridgehead atoms. The molecule has 3 aromatic rings. The van der Waals surface area contributed by atoms with Crippen LogP contribution in [-0.2, 0) is 10.4 Å². The molecule has 2 aromatic heterocycles. The van der Waals surface area contributed by atoms with Gasteiger partial charge in [0.1, 0.15) is 5.75 Å². The second-order valence-electron chi connectivity index (χ2n) is 6.93. The van der Waals surface area contributed by atoms with Crippen molar-refractivity contribution >= 4 is 40.2 Å². The molecule has 1 aliphatic rings. The largest absolute Gasteiger partial charge is 0.508 e. The number of benzene rings is 1. The molecule has 3 heterocycles. The van der Waals surface area contributed by atoms with Gasteiger partial charge in [-0.05, 0) is 47.2 Å². The van der Waals surface area contributed by atoms with Crippen molar-refractivity contribution in [1.29, 1.82) is 0 Å². The minimum atomic E-state index is -1.67. The van der Waals surface area contributed by atoms with Gasteiger partial charge in [-0.1, -0.05) is 12.1 Å². The highest BCUT2D eigenvalue weighted by Crippen LogP contribution is 2.37. The lowest BCUT2D eigenvalue weighted by atomic mass is 9.97. The molecular weight excluding hydrogens is 420 g/mol.